The minimum Gasteiger partial charge on any atom is -0.493 e. The van der Waals surface area contributed by atoms with Crippen LogP contribution in [-0.4, -0.2) is 12.6 Å². The molecule has 0 aromatic heterocycles. The van der Waals surface area contributed by atoms with Crippen LogP contribution in [-0.2, 0) is 5.54 Å². The van der Waals surface area contributed by atoms with Gasteiger partial charge < -0.3 is 15.4 Å². The summed E-state index contributed by atoms with van der Waals surface area (Å²) in [6.07, 6.45) is 0.563. The number of anilines is 1. The maximum absolute atomic E-state index is 13.7. The normalized spacial score (nSPS) is 22.6. The smallest absolute Gasteiger partial charge is 0.320 e. The van der Waals surface area contributed by atoms with E-state index in [4.69, 9.17) is 4.74 Å². The first-order chi connectivity index (χ1) is 10.2. The fraction of sp³-hybridized carbons (Fsp3) is 0.188. The molecular weight excluding hydrogens is 271 g/mol. The first-order valence-electron chi connectivity index (χ1n) is 6.80. The van der Waals surface area contributed by atoms with E-state index in [1.807, 2.05) is 24.3 Å². The molecule has 4 rings (SSSR count). The van der Waals surface area contributed by atoms with Gasteiger partial charge in [0.15, 0.2) is 0 Å². The Balaban J connectivity index is 2.01. The van der Waals surface area contributed by atoms with Crippen molar-refractivity contribution in [3.8, 4) is 5.75 Å². The average Bonchev–Trinajstić information content (AvgIpc) is 2.48. The second-order valence-electron chi connectivity index (χ2n) is 5.27. The lowest BCUT2D eigenvalue weighted by Crippen LogP contribution is -2.54. The van der Waals surface area contributed by atoms with Crippen LogP contribution in [0, 0.1) is 5.82 Å². The van der Waals surface area contributed by atoms with Gasteiger partial charge in [0.05, 0.1) is 6.61 Å². The summed E-state index contributed by atoms with van der Waals surface area (Å²) in [7, 11) is 0. The fourth-order valence-corrected chi connectivity index (χ4v) is 3.20. The van der Waals surface area contributed by atoms with Crippen molar-refractivity contribution in [2.24, 2.45) is 0 Å². The molecule has 0 saturated heterocycles. The topological polar surface area (TPSA) is 50.4 Å². The van der Waals surface area contributed by atoms with Crippen LogP contribution in [0.25, 0.3) is 0 Å². The highest BCUT2D eigenvalue weighted by molar-refractivity contribution is 5.94. The highest BCUT2D eigenvalue weighted by Gasteiger charge is 2.45. The number of rotatable bonds is 0. The number of hydrogen-bond acceptors (Lipinski definition) is 2. The van der Waals surface area contributed by atoms with Gasteiger partial charge >= 0.3 is 6.03 Å². The van der Waals surface area contributed by atoms with Gasteiger partial charge in [-0.2, -0.15) is 0 Å². The fourth-order valence-electron chi connectivity index (χ4n) is 3.20. The van der Waals surface area contributed by atoms with Crippen LogP contribution in [0.4, 0.5) is 14.9 Å². The molecular formula is C16H13FN2O2. The molecule has 0 radical (unpaired) electrons. The molecule has 0 aliphatic carbocycles. The van der Waals surface area contributed by atoms with Gasteiger partial charge in [-0.05, 0) is 24.3 Å². The molecule has 5 heteroatoms. The van der Waals surface area contributed by atoms with E-state index in [0.29, 0.717) is 24.3 Å². The minimum absolute atomic E-state index is 0.286. The van der Waals surface area contributed by atoms with Crippen molar-refractivity contribution in [2.75, 3.05) is 11.9 Å². The van der Waals surface area contributed by atoms with E-state index in [9.17, 15) is 9.18 Å². The Morgan fingerprint density at radius 3 is 2.90 bits per heavy atom. The number of carbonyl (C=O) groups is 1. The lowest BCUT2D eigenvalue weighted by molar-refractivity contribution is 0.201. The summed E-state index contributed by atoms with van der Waals surface area (Å²) in [6.45, 7) is 0.466. The Morgan fingerprint density at radius 1 is 1.14 bits per heavy atom. The van der Waals surface area contributed by atoms with Crippen molar-refractivity contribution in [3.63, 3.8) is 0 Å². The molecule has 2 amide bonds. The van der Waals surface area contributed by atoms with Crippen molar-refractivity contribution in [1.82, 2.24) is 5.32 Å². The van der Waals surface area contributed by atoms with Gasteiger partial charge in [-0.15, -0.1) is 0 Å². The Bertz CT molecular complexity index is 747. The average molecular weight is 284 g/mol. The van der Waals surface area contributed by atoms with E-state index in [1.54, 1.807) is 6.07 Å². The number of urea groups is 1. The molecule has 1 unspecified atom stereocenters. The quantitative estimate of drug-likeness (QED) is 0.781. The van der Waals surface area contributed by atoms with Crippen molar-refractivity contribution in [2.45, 2.75) is 12.0 Å². The van der Waals surface area contributed by atoms with Crippen LogP contribution in [0.3, 0.4) is 0 Å². The zero-order chi connectivity index (χ0) is 14.4. The summed E-state index contributed by atoms with van der Waals surface area (Å²) in [5.41, 5.74) is 1.60. The van der Waals surface area contributed by atoms with Gasteiger partial charge in [-0.1, -0.05) is 18.2 Å². The van der Waals surface area contributed by atoms with Crippen LogP contribution in [0.15, 0.2) is 42.5 Å². The molecule has 1 spiro atoms. The summed E-state index contributed by atoms with van der Waals surface area (Å²) in [5.74, 6) is 0.267. The van der Waals surface area contributed by atoms with Gasteiger partial charge in [-0.3, -0.25) is 0 Å². The van der Waals surface area contributed by atoms with E-state index < -0.39 is 5.54 Å². The largest absolute Gasteiger partial charge is 0.493 e. The lowest BCUT2D eigenvalue weighted by atomic mass is 9.77. The monoisotopic (exact) mass is 284 g/mol. The highest BCUT2D eigenvalue weighted by atomic mass is 19.1. The van der Waals surface area contributed by atoms with Crippen LogP contribution >= 0.6 is 0 Å². The summed E-state index contributed by atoms with van der Waals surface area (Å²) in [6, 6.07) is 11.7. The Hall–Kier alpha value is -2.56. The number of benzene rings is 2. The second-order valence-corrected chi connectivity index (χ2v) is 5.27. The number of halogens is 1. The standard InChI is InChI=1S/C16H13FN2O2/c17-10-5-6-14-12(9-10)16(7-8-21-14)11-3-1-2-4-13(11)18-15(20)19-16/h1-6,9H,7-8H2,(H2,18,19,20). The zero-order valence-electron chi connectivity index (χ0n) is 11.2. The molecule has 2 heterocycles. The Labute approximate surface area is 120 Å². The molecule has 0 bridgehead atoms. The number of hydrogen-bond donors (Lipinski definition) is 2. The zero-order valence-corrected chi connectivity index (χ0v) is 11.2. The van der Waals surface area contributed by atoms with E-state index in [-0.39, 0.29) is 11.8 Å². The van der Waals surface area contributed by atoms with Gasteiger partial charge in [0.25, 0.3) is 0 Å². The van der Waals surface area contributed by atoms with Crippen LogP contribution < -0.4 is 15.4 Å². The summed E-state index contributed by atoms with van der Waals surface area (Å²) in [4.78, 5) is 12.0. The van der Waals surface area contributed by atoms with Crippen molar-refractivity contribution in [3.05, 3.63) is 59.4 Å². The highest BCUT2D eigenvalue weighted by Crippen LogP contribution is 2.45. The first kappa shape index (κ1) is 12.2. The third-order valence-electron chi connectivity index (χ3n) is 4.10. The predicted octanol–water partition coefficient (Wildman–Crippen LogP) is 2.99. The maximum Gasteiger partial charge on any atom is 0.320 e. The molecule has 2 aromatic carbocycles. The Kier molecular flexibility index (Phi) is 2.45. The maximum atomic E-state index is 13.7. The molecule has 4 nitrogen and oxygen atoms in total. The van der Waals surface area contributed by atoms with Gasteiger partial charge in [0.2, 0.25) is 0 Å². The second kappa shape index (κ2) is 4.22. The van der Waals surface area contributed by atoms with E-state index in [0.717, 1.165) is 11.3 Å². The summed E-state index contributed by atoms with van der Waals surface area (Å²) < 4.78 is 19.3. The molecule has 2 aromatic rings. The number of para-hydroxylation sites is 1. The first-order valence-corrected chi connectivity index (χ1v) is 6.80. The van der Waals surface area contributed by atoms with Gasteiger partial charge in [0.1, 0.15) is 17.1 Å². The predicted molar refractivity (Wildman–Crippen MR) is 75.9 cm³/mol. The number of ether oxygens (including phenoxy) is 1. The van der Waals surface area contributed by atoms with Crippen molar-refractivity contribution in [1.29, 1.82) is 0 Å². The van der Waals surface area contributed by atoms with E-state index in [2.05, 4.69) is 10.6 Å². The van der Waals surface area contributed by atoms with Gasteiger partial charge in [0, 0.05) is 23.2 Å². The minimum atomic E-state index is -0.741. The molecule has 2 aliphatic heterocycles. The number of fused-ring (bicyclic) bond motifs is 4. The molecule has 1 atom stereocenters. The SMILES string of the molecule is O=C1Nc2ccccc2C2(CCOc3ccc(F)cc32)N1. The molecule has 2 aliphatic rings. The molecule has 2 N–H and O–H groups in total. The van der Waals surface area contributed by atoms with Crippen LogP contribution in [0.5, 0.6) is 5.75 Å². The van der Waals surface area contributed by atoms with E-state index >= 15 is 0 Å². The number of amides is 2. The third kappa shape index (κ3) is 1.70. The van der Waals surface area contributed by atoms with Gasteiger partial charge in [-0.25, -0.2) is 9.18 Å². The Morgan fingerprint density at radius 2 is 2.00 bits per heavy atom. The van der Waals surface area contributed by atoms with Crippen molar-refractivity contribution < 1.29 is 13.9 Å². The third-order valence-corrected chi connectivity index (χ3v) is 4.10. The molecule has 0 saturated carbocycles. The molecule has 106 valence electrons. The molecule has 21 heavy (non-hydrogen) atoms. The van der Waals surface area contributed by atoms with Crippen LogP contribution in [0.1, 0.15) is 17.5 Å². The van der Waals surface area contributed by atoms with E-state index in [1.165, 1.54) is 12.1 Å². The summed E-state index contributed by atoms with van der Waals surface area (Å²) >= 11 is 0. The number of nitrogens with one attached hydrogen (secondary N) is 2. The van der Waals surface area contributed by atoms with Crippen LogP contribution in [0.2, 0.25) is 0 Å². The van der Waals surface area contributed by atoms with Crippen molar-refractivity contribution >= 4 is 11.7 Å². The number of carbonyl (C=O) groups excluding carboxylic acids is 1. The lowest BCUT2D eigenvalue weighted by Gasteiger charge is -2.43. The molecule has 0 fully saturated rings. The summed E-state index contributed by atoms with van der Waals surface area (Å²) in [5, 5.41) is 5.77.